The van der Waals surface area contributed by atoms with E-state index >= 15 is 0 Å². The molecular formula is C19H14Cl2N2O3S. The summed E-state index contributed by atoms with van der Waals surface area (Å²) < 4.78 is 0. The Hall–Kier alpha value is -2.28. The highest BCUT2D eigenvalue weighted by molar-refractivity contribution is 8.18. The largest absolute Gasteiger partial charge is 0.326 e. The first-order valence-corrected chi connectivity index (χ1v) is 9.47. The van der Waals surface area contributed by atoms with Crippen molar-refractivity contribution in [2.45, 2.75) is 13.5 Å². The molecule has 1 aliphatic rings. The van der Waals surface area contributed by atoms with Crippen molar-refractivity contribution in [1.29, 1.82) is 0 Å². The highest BCUT2D eigenvalue weighted by Gasteiger charge is 2.35. The molecule has 0 bridgehead atoms. The highest BCUT2D eigenvalue weighted by atomic mass is 35.5. The topological polar surface area (TPSA) is 66.5 Å². The molecule has 3 amide bonds. The lowest BCUT2D eigenvalue weighted by atomic mass is 10.2. The van der Waals surface area contributed by atoms with E-state index in [1.807, 2.05) is 0 Å². The minimum atomic E-state index is -0.359. The Kier molecular flexibility index (Phi) is 5.89. The number of hydrogen-bond acceptors (Lipinski definition) is 4. The number of anilines is 1. The van der Waals surface area contributed by atoms with E-state index < -0.39 is 0 Å². The zero-order valence-electron chi connectivity index (χ0n) is 14.2. The Morgan fingerprint density at radius 2 is 1.81 bits per heavy atom. The molecule has 27 heavy (non-hydrogen) atoms. The molecule has 3 rings (SSSR count). The first-order chi connectivity index (χ1) is 12.8. The summed E-state index contributed by atoms with van der Waals surface area (Å²) in [5.41, 5.74) is 2.13. The third-order valence-corrected chi connectivity index (χ3v) is 5.37. The Morgan fingerprint density at radius 3 is 2.44 bits per heavy atom. The van der Waals surface area contributed by atoms with Gasteiger partial charge in [0.15, 0.2) is 0 Å². The zero-order chi connectivity index (χ0) is 19.6. The van der Waals surface area contributed by atoms with Crippen LogP contribution in [0.3, 0.4) is 0 Å². The van der Waals surface area contributed by atoms with E-state index in [0.29, 0.717) is 26.2 Å². The molecule has 0 radical (unpaired) electrons. The van der Waals surface area contributed by atoms with Crippen molar-refractivity contribution in [3.8, 4) is 0 Å². The van der Waals surface area contributed by atoms with Crippen LogP contribution < -0.4 is 5.32 Å². The van der Waals surface area contributed by atoms with Gasteiger partial charge in [-0.25, -0.2) is 0 Å². The third kappa shape index (κ3) is 4.71. The fraction of sp³-hybridized carbons (Fsp3) is 0.105. The van der Waals surface area contributed by atoms with Gasteiger partial charge in [0.05, 0.1) is 21.5 Å². The molecule has 1 N–H and O–H groups in total. The van der Waals surface area contributed by atoms with E-state index in [-0.39, 0.29) is 23.6 Å². The number of halogens is 2. The van der Waals surface area contributed by atoms with Gasteiger partial charge >= 0.3 is 0 Å². The number of nitrogens with one attached hydrogen (secondary N) is 1. The maximum atomic E-state index is 12.6. The van der Waals surface area contributed by atoms with Gasteiger partial charge in [-0.05, 0) is 53.2 Å². The van der Waals surface area contributed by atoms with Gasteiger partial charge < -0.3 is 5.32 Å². The molecule has 5 nitrogen and oxygen atoms in total. The van der Waals surface area contributed by atoms with E-state index in [0.717, 1.165) is 17.3 Å². The number of rotatable bonds is 4. The van der Waals surface area contributed by atoms with Gasteiger partial charge in [-0.3, -0.25) is 19.3 Å². The van der Waals surface area contributed by atoms with E-state index in [4.69, 9.17) is 23.2 Å². The lowest BCUT2D eigenvalue weighted by molar-refractivity contribution is -0.123. The summed E-state index contributed by atoms with van der Waals surface area (Å²) in [5, 5.41) is 3.11. The predicted molar refractivity (Wildman–Crippen MR) is 109 cm³/mol. The SMILES string of the molecule is CC(=O)Nc1ccc(/C=C2/SC(=O)N(Cc3ccc(Cl)c(Cl)c3)C2=O)cc1. The molecule has 8 heteroatoms. The van der Waals surface area contributed by atoms with Crippen LogP contribution in [-0.4, -0.2) is 22.0 Å². The first-order valence-electron chi connectivity index (χ1n) is 7.90. The molecule has 0 unspecified atom stereocenters. The van der Waals surface area contributed by atoms with Crippen LogP contribution in [0.25, 0.3) is 6.08 Å². The molecule has 1 heterocycles. The molecule has 0 aromatic heterocycles. The van der Waals surface area contributed by atoms with Crippen LogP contribution in [0, 0.1) is 0 Å². The van der Waals surface area contributed by atoms with Gasteiger partial charge in [-0.15, -0.1) is 0 Å². The second-order valence-corrected chi connectivity index (χ2v) is 7.63. The number of carbonyl (C=O) groups excluding carboxylic acids is 3. The summed E-state index contributed by atoms with van der Waals surface area (Å²) in [4.78, 5) is 37.4. The molecule has 138 valence electrons. The van der Waals surface area contributed by atoms with Crippen molar-refractivity contribution >= 4 is 63.8 Å². The average Bonchev–Trinajstić information content (AvgIpc) is 2.87. The maximum absolute atomic E-state index is 12.6. The third-order valence-electron chi connectivity index (χ3n) is 3.73. The quantitative estimate of drug-likeness (QED) is 0.691. The van der Waals surface area contributed by atoms with Gasteiger partial charge in [-0.2, -0.15) is 0 Å². The molecule has 2 aromatic rings. The molecule has 0 aliphatic carbocycles. The molecule has 1 fully saturated rings. The van der Waals surface area contributed by atoms with E-state index in [1.165, 1.54) is 11.8 Å². The average molecular weight is 421 g/mol. The van der Waals surface area contributed by atoms with Gasteiger partial charge in [-0.1, -0.05) is 41.4 Å². The molecule has 2 aromatic carbocycles. The molecular weight excluding hydrogens is 407 g/mol. The van der Waals surface area contributed by atoms with Crippen molar-refractivity contribution in [3.05, 3.63) is 68.5 Å². The second kappa shape index (κ2) is 8.17. The first kappa shape index (κ1) is 19.5. The van der Waals surface area contributed by atoms with Gasteiger partial charge in [0.2, 0.25) is 5.91 Å². The van der Waals surface area contributed by atoms with Crippen LogP contribution in [0.4, 0.5) is 10.5 Å². The number of amides is 3. The van der Waals surface area contributed by atoms with E-state index in [2.05, 4.69) is 5.32 Å². The molecule has 0 spiro atoms. The summed E-state index contributed by atoms with van der Waals surface area (Å²) in [6, 6.07) is 12.0. The maximum Gasteiger partial charge on any atom is 0.293 e. The predicted octanol–water partition coefficient (Wildman–Crippen LogP) is 5.19. The smallest absolute Gasteiger partial charge is 0.293 e. The fourth-order valence-electron chi connectivity index (χ4n) is 2.47. The van der Waals surface area contributed by atoms with Crippen molar-refractivity contribution < 1.29 is 14.4 Å². The van der Waals surface area contributed by atoms with Crippen LogP contribution in [0.1, 0.15) is 18.1 Å². The second-order valence-electron chi connectivity index (χ2n) is 5.82. The Morgan fingerprint density at radius 1 is 1.11 bits per heavy atom. The molecule has 0 saturated carbocycles. The lowest BCUT2D eigenvalue weighted by Crippen LogP contribution is -2.27. The zero-order valence-corrected chi connectivity index (χ0v) is 16.5. The number of nitrogens with zero attached hydrogens (tertiary/aromatic N) is 1. The molecule has 0 atom stereocenters. The lowest BCUT2D eigenvalue weighted by Gasteiger charge is -2.12. The number of imide groups is 1. The van der Waals surface area contributed by atoms with Gasteiger partial charge in [0, 0.05) is 12.6 Å². The van der Waals surface area contributed by atoms with Crippen LogP contribution in [0.2, 0.25) is 10.0 Å². The minimum Gasteiger partial charge on any atom is -0.326 e. The number of benzene rings is 2. The van der Waals surface area contributed by atoms with Crippen molar-refractivity contribution in [1.82, 2.24) is 4.90 Å². The van der Waals surface area contributed by atoms with E-state index in [9.17, 15) is 14.4 Å². The summed E-state index contributed by atoms with van der Waals surface area (Å²) >= 11 is 12.8. The van der Waals surface area contributed by atoms with Gasteiger partial charge in [0.1, 0.15) is 0 Å². The van der Waals surface area contributed by atoms with Crippen molar-refractivity contribution in [2.24, 2.45) is 0 Å². The monoisotopic (exact) mass is 420 g/mol. The number of thioether (sulfide) groups is 1. The fourth-order valence-corrected chi connectivity index (χ4v) is 3.63. The summed E-state index contributed by atoms with van der Waals surface area (Å²) in [6.45, 7) is 1.55. The number of carbonyl (C=O) groups is 3. The highest BCUT2D eigenvalue weighted by Crippen LogP contribution is 2.34. The van der Waals surface area contributed by atoms with Crippen LogP contribution in [-0.2, 0) is 16.1 Å². The summed E-state index contributed by atoms with van der Waals surface area (Å²) in [6.07, 6.45) is 1.65. The minimum absolute atomic E-state index is 0.125. The van der Waals surface area contributed by atoms with Gasteiger partial charge in [0.25, 0.3) is 11.1 Å². The summed E-state index contributed by atoms with van der Waals surface area (Å²) in [7, 11) is 0. The Labute approximate surface area is 170 Å². The standard InChI is InChI=1S/C19H14Cl2N2O3S/c1-11(24)22-14-5-2-12(3-6-14)9-17-18(25)23(19(26)27-17)10-13-4-7-15(20)16(21)8-13/h2-9H,10H2,1H3,(H,22,24)/b17-9+. The van der Waals surface area contributed by atoms with Crippen molar-refractivity contribution in [2.75, 3.05) is 5.32 Å². The van der Waals surface area contributed by atoms with E-state index in [1.54, 1.807) is 48.5 Å². The Balaban J connectivity index is 1.75. The van der Waals surface area contributed by atoms with Crippen LogP contribution in [0.15, 0.2) is 47.4 Å². The number of hydrogen-bond donors (Lipinski definition) is 1. The van der Waals surface area contributed by atoms with Crippen LogP contribution in [0.5, 0.6) is 0 Å². The molecule has 1 saturated heterocycles. The normalized spacial score (nSPS) is 15.5. The Bertz CT molecular complexity index is 958. The molecule has 1 aliphatic heterocycles. The van der Waals surface area contributed by atoms with Crippen LogP contribution >= 0.6 is 35.0 Å². The van der Waals surface area contributed by atoms with Crippen molar-refractivity contribution in [3.63, 3.8) is 0 Å². The summed E-state index contributed by atoms with van der Waals surface area (Å²) in [5.74, 6) is -0.520.